The molecular formula is C23H20FNO3S. The van der Waals surface area contributed by atoms with Gasteiger partial charge >= 0.3 is 0 Å². The molecule has 0 spiro atoms. The van der Waals surface area contributed by atoms with Crippen molar-refractivity contribution in [2.75, 3.05) is 0 Å². The van der Waals surface area contributed by atoms with E-state index in [-0.39, 0.29) is 6.61 Å². The first-order valence-electron chi connectivity index (χ1n) is 8.92. The molecule has 0 atom stereocenters. The minimum atomic E-state index is -2.03. The zero-order valence-electron chi connectivity index (χ0n) is 15.5. The third kappa shape index (κ3) is 4.51. The summed E-state index contributed by atoms with van der Waals surface area (Å²) in [7, 11) is 0. The Morgan fingerprint density at radius 3 is 1.90 bits per heavy atom. The third-order valence-electron chi connectivity index (χ3n) is 4.43. The Labute approximate surface area is 171 Å². The minimum Gasteiger partial charge on any atom is -0.391 e. The molecule has 1 aromatic heterocycles. The number of aliphatic hydroxyl groups excluding tert-OH is 1. The molecular weight excluding hydrogens is 389 g/mol. The average molecular weight is 409 g/mol. The van der Waals surface area contributed by atoms with E-state index < -0.39 is 11.5 Å². The summed E-state index contributed by atoms with van der Waals surface area (Å²) in [5, 5.41) is 20.6. The van der Waals surface area contributed by atoms with Gasteiger partial charge in [-0.2, -0.15) is 5.54 Å². The summed E-state index contributed by atoms with van der Waals surface area (Å²) in [4.78, 5) is 12.7. The molecule has 3 aromatic carbocycles. The van der Waals surface area contributed by atoms with Gasteiger partial charge in [-0.05, 0) is 28.6 Å². The zero-order valence-corrected chi connectivity index (χ0v) is 16.3. The SMILES string of the molecule is O=C(NF)C(O)(c1ccccc1)c1ccccc1.OCc1cc2ccccc2s1. The van der Waals surface area contributed by atoms with E-state index in [4.69, 9.17) is 5.11 Å². The van der Waals surface area contributed by atoms with Gasteiger partial charge in [-0.3, -0.25) is 4.79 Å². The van der Waals surface area contributed by atoms with Crippen LogP contribution in [0.15, 0.2) is 91.0 Å². The maximum absolute atomic E-state index is 12.5. The van der Waals surface area contributed by atoms with Gasteiger partial charge in [0.15, 0.2) is 5.60 Å². The summed E-state index contributed by atoms with van der Waals surface area (Å²) in [5.41, 5.74) is -0.394. The van der Waals surface area contributed by atoms with Gasteiger partial charge in [0.25, 0.3) is 5.91 Å². The largest absolute Gasteiger partial charge is 0.391 e. The second-order valence-electron chi connectivity index (χ2n) is 6.27. The molecule has 4 rings (SSSR count). The molecule has 29 heavy (non-hydrogen) atoms. The van der Waals surface area contributed by atoms with Gasteiger partial charge in [0, 0.05) is 9.58 Å². The predicted molar refractivity (Wildman–Crippen MR) is 113 cm³/mol. The van der Waals surface area contributed by atoms with Gasteiger partial charge in [0.1, 0.15) is 0 Å². The average Bonchev–Trinajstić information content (AvgIpc) is 3.23. The Balaban J connectivity index is 0.000000186. The lowest BCUT2D eigenvalue weighted by Crippen LogP contribution is -2.42. The predicted octanol–water partition coefficient (Wildman–Crippen LogP) is 4.32. The van der Waals surface area contributed by atoms with Crippen molar-refractivity contribution >= 4 is 27.3 Å². The molecule has 0 radical (unpaired) electrons. The van der Waals surface area contributed by atoms with Gasteiger partial charge in [-0.25, -0.2) is 0 Å². The van der Waals surface area contributed by atoms with Crippen molar-refractivity contribution in [1.29, 1.82) is 0 Å². The van der Waals surface area contributed by atoms with Crippen LogP contribution in [0.2, 0.25) is 0 Å². The number of hydrogen-bond acceptors (Lipinski definition) is 4. The number of hydrogen-bond donors (Lipinski definition) is 3. The Bertz CT molecular complexity index is 995. The van der Waals surface area contributed by atoms with Crippen molar-refractivity contribution in [1.82, 2.24) is 5.54 Å². The number of benzene rings is 3. The van der Waals surface area contributed by atoms with Crippen LogP contribution in [0, 0.1) is 0 Å². The van der Waals surface area contributed by atoms with Crippen molar-refractivity contribution in [3.8, 4) is 0 Å². The van der Waals surface area contributed by atoms with E-state index >= 15 is 0 Å². The highest BCUT2D eigenvalue weighted by atomic mass is 32.1. The van der Waals surface area contributed by atoms with Gasteiger partial charge in [0.05, 0.1) is 6.61 Å². The van der Waals surface area contributed by atoms with Crippen LogP contribution in [0.4, 0.5) is 4.48 Å². The van der Waals surface area contributed by atoms with E-state index in [1.807, 2.05) is 18.2 Å². The highest BCUT2D eigenvalue weighted by Crippen LogP contribution is 2.29. The summed E-state index contributed by atoms with van der Waals surface area (Å²) in [5.74, 6) is -1.11. The normalized spacial score (nSPS) is 10.9. The molecule has 0 aliphatic carbocycles. The molecule has 0 aliphatic heterocycles. The van der Waals surface area contributed by atoms with Crippen LogP contribution in [0.1, 0.15) is 16.0 Å². The lowest BCUT2D eigenvalue weighted by atomic mass is 9.86. The molecule has 0 fully saturated rings. The Kier molecular flexibility index (Phi) is 6.72. The summed E-state index contributed by atoms with van der Waals surface area (Å²) in [6.07, 6.45) is 0. The van der Waals surface area contributed by atoms with E-state index in [0.29, 0.717) is 11.1 Å². The van der Waals surface area contributed by atoms with Gasteiger partial charge in [0.2, 0.25) is 0 Å². The number of thiophene rings is 1. The number of halogens is 1. The Morgan fingerprint density at radius 2 is 1.41 bits per heavy atom. The molecule has 148 valence electrons. The number of rotatable bonds is 4. The lowest BCUT2D eigenvalue weighted by Gasteiger charge is -2.26. The zero-order chi connectivity index (χ0) is 20.7. The van der Waals surface area contributed by atoms with Crippen LogP contribution in [0.3, 0.4) is 0 Å². The number of aliphatic hydroxyl groups is 2. The molecule has 1 amide bonds. The molecule has 0 aliphatic rings. The highest BCUT2D eigenvalue weighted by molar-refractivity contribution is 7.19. The first kappa shape index (κ1) is 20.7. The van der Waals surface area contributed by atoms with Crippen LogP contribution in [0.25, 0.3) is 10.1 Å². The number of nitrogens with one attached hydrogen (secondary N) is 1. The Morgan fingerprint density at radius 1 is 0.897 bits per heavy atom. The molecule has 3 N–H and O–H groups in total. The molecule has 4 aromatic rings. The van der Waals surface area contributed by atoms with Gasteiger partial charge in [-0.1, -0.05) is 78.9 Å². The fourth-order valence-electron chi connectivity index (χ4n) is 2.97. The van der Waals surface area contributed by atoms with Gasteiger partial charge in [-0.15, -0.1) is 15.8 Å². The molecule has 1 heterocycles. The molecule has 0 unspecified atom stereocenters. The fourth-order valence-corrected chi connectivity index (χ4v) is 3.90. The van der Waals surface area contributed by atoms with Crippen molar-refractivity contribution < 1.29 is 19.5 Å². The first-order valence-corrected chi connectivity index (χ1v) is 9.74. The second kappa shape index (κ2) is 9.43. The van der Waals surface area contributed by atoms with E-state index in [2.05, 4.69) is 12.1 Å². The first-order chi connectivity index (χ1) is 14.1. The highest BCUT2D eigenvalue weighted by Gasteiger charge is 2.40. The topological polar surface area (TPSA) is 69.6 Å². The minimum absolute atomic E-state index is 0.152. The van der Waals surface area contributed by atoms with Crippen LogP contribution in [-0.2, 0) is 17.0 Å². The summed E-state index contributed by atoms with van der Waals surface area (Å²) >= 11 is 1.65. The van der Waals surface area contributed by atoms with Crippen molar-refractivity contribution in [3.05, 3.63) is 107 Å². The number of fused-ring (bicyclic) bond motifs is 1. The third-order valence-corrected chi connectivity index (χ3v) is 5.53. The molecule has 0 saturated heterocycles. The van der Waals surface area contributed by atoms with Crippen LogP contribution in [-0.4, -0.2) is 16.1 Å². The van der Waals surface area contributed by atoms with Crippen LogP contribution < -0.4 is 5.54 Å². The van der Waals surface area contributed by atoms with Crippen LogP contribution in [0.5, 0.6) is 0 Å². The van der Waals surface area contributed by atoms with Crippen molar-refractivity contribution in [2.45, 2.75) is 12.2 Å². The standard InChI is InChI=1S/C14H12FNO2.C9H8OS/c15-16-13(17)14(18,11-7-3-1-4-8-11)12-9-5-2-6-10-12;10-6-8-5-7-3-1-2-4-9(7)11-8/h1-10,18H,(H,16,17);1-5,10H,6H2. The quantitative estimate of drug-likeness (QED) is 0.440. The molecule has 6 heteroatoms. The second-order valence-corrected chi connectivity index (χ2v) is 7.44. The summed E-state index contributed by atoms with van der Waals surface area (Å²) < 4.78 is 13.7. The van der Waals surface area contributed by atoms with E-state index in [0.717, 1.165) is 10.4 Å². The molecule has 4 nitrogen and oxygen atoms in total. The Hall–Kier alpha value is -3.06. The maximum Gasteiger partial charge on any atom is 0.288 e. The lowest BCUT2D eigenvalue weighted by molar-refractivity contribution is -0.141. The summed E-state index contributed by atoms with van der Waals surface area (Å²) in [6.45, 7) is 0.152. The van der Waals surface area contributed by atoms with Crippen LogP contribution >= 0.6 is 11.3 Å². The van der Waals surface area contributed by atoms with Crippen molar-refractivity contribution in [3.63, 3.8) is 0 Å². The van der Waals surface area contributed by atoms with Gasteiger partial charge < -0.3 is 10.2 Å². The van der Waals surface area contributed by atoms with E-state index in [1.54, 1.807) is 72.0 Å². The van der Waals surface area contributed by atoms with E-state index in [1.165, 1.54) is 10.1 Å². The number of carbonyl (C=O) groups excluding carboxylic acids is 1. The maximum atomic E-state index is 12.5. The number of carbonyl (C=O) groups is 1. The summed E-state index contributed by atoms with van der Waals surface area (Å²) in [6, 6.07) is 26.7. The van der Waals surface area contributed by atoms with E-state index in [9.17, 15) is 14.4 Å². The molecule has 0 bridgehead atoms. The van der Waals surface area contributed by atoms with Crippen molar-refractivity contribution in [2.24, 2.45) is 0 Å². The smallest absolute Gasteiger partial charge is 0.288 e. The fraction of sp³-hybridized carbons (Fsp3) is 0.0870. The number of amides is 1. The molecule has 0 saturated carbocycles. The monoisotopic (exact) mass is 409 g/mol.